The van der Waals surface area contributed by atoms with E-state index in [1.54, 1.807) is 4.90 Å². The van der Waals surface area contributed by atoms with Gasteiger partial charge in [-0.3, -0.25) is 30.4 Å². The van der Waals surface area contributed by atoms with Crippen molar-refractivity contribution in [3.63, 3.8) is 0 Å². The molecule has 2 aliphatic heterocycles. The summed E-state index contributed by atoms with van der Waals surface area (Å²) in [5.41, 5.74) is -1.02. The van der Waals surface area contributed by atoms with Gasteiger partial charge in [-0.1, -0.05) is 0 Å². The topological polar surface area (TPSA) is 134 Å². The molecule has 2 saturated heterocycles. The molecule has 0 spiro atoms. The van der Waals surface area contributed by atoms with Gasteiger partial charge in [-0.05, 0) is 111 Å². The van der Waals surface area contributed by atoms with E-state index in [0.29, 0.717) is 24.0 Å². The number of esters is 1. The molecule has 4 fully saturated rings. The number of ether oxygens (including phenoxy) is 3. The molecule has 1 unspecified atom stereocenters. The monoisotopic (exact) mass is 664 g/mol. The molecule has 0 aromatic carbocycles. The number of carbonyl (C=O) groups excluding carboxylic acids is 3. The lowest BCUT2D eigenvalue weighted by atomic mass is 9.75. The van der Waals surface area contributed by atoms with Gasteiger partial charge in [0.2, 0.25) is 5.91 Å². The first-order chi connectivity index (χ1) is 22.1. The van der Waals surface area contributed by atoms with E-state index in [1.165, 1.54) is 0 Å². The molecule has 2 amide bonds. The van der Waals surface area contributed by atoms with Gasteiger partial charge in [0.1, 0.15) is 24.0 Å². The molecular weight excluding hydrogens is 600 g/mol. The lowest BCUT2D eigenvalue weighted by Gasteiger charge is -2.40. The van der Waals surface area contributed by atoms with Crippen LogP contribution in [0.15, 0.2) is 0 Å². The summed E-state index contributed by atoms with van der Waals surface area (Å²) in [7, 11) is 1.84. The number of nitrogens with one attached hydrogen (secondary N) is 4. The van der Waals surface area contributed by atoms with Gasteiger partial charge >= 0.3 is 12.1 Å². The third-order valence-corrected chi connectivity index (χ3v) is 10.1. The second kappa shape index (κ2) is 17.1. The van der Waals surface area contributed by atoms with Crippen LogP contribution in [0.3, 0.4) is 0 Å². The van der Waals surface area contributed by atoms with Crippen LogP contribution in [-0.4, -0.2) is 116 Å². The smallest absolute Gasteiger partial charge is 0.410 e. The Morgan fingerprint density at radius 2 is 1.47 bits per heavy atom. The van der Waals surface area contributed by atoms with Crippen molar-refractivity contribution in [3.8, 4) is 0 Å². The summed E-state index contributed by atoms with van der Waals surface area (Å²) < 4.78 is 17.1. The van der Waals surface area contributed by atoms with E-state index in [0.717, 1.165) is 97.1 Å². The Labute approximate surface area is 283 Å². The molecular formula is C35H64N6O6. The van der Waals surface area contributed by atoms with Gasteiger partial charge < -0.3 is 24.4 Å². The van der Waals surface area contributed by atoms with E-state index in [-0.39, 0.29) is 36.8 Å². The van der Waals surface area contributed by atoms with E-state index >= 15 is 0 Å². The minimum absolute atomic E-state index is 0.0165. The molecule has 0 bridgehead atoms. The highest BCUT2D eigenvalue weighted by Crippen LogP contribution is 2.34. The number of rotatable bonds is 11. The van der Waals surface area contributed by atoms with Crippen LogP contribution in [0.1, 0.15) is 99.3 Å². The second-order valence-electron chi connectivity index (χ2n) is 16.3. The lowest BCUT2D eigenvalue weighted by Crippen LogP contribution is -2.63. The molecule has 0 aromatic rings. The van der Waals surface area contributed by atoms with Crippen LogP contribution in [-0.2, 0) is 23.8 Å². The number of likely N-dealkylation sites (tertiary alicyclic amines) is 1. The number of amides is 2. The fourth-order valence-corrected chi connectivity index (χ4v) is 7.46. The van der Waals surface area contributed by atoms with Gasteiger partial charge in [0.15, 0.2) is 0 Å². The van der Waals surface area contributed by atoms with E-state index in [9.17, 15) is 14.4 Å². The normalized spacial score (nSPS) is 30.8. The second-order valence-corrected chi connectivity index (χ2v) is 16.3. The minimum Gasteiger partial charge on any atom is -0.459 e. The first kappa shape index (κ1) is 37.8. The number of hydrogen-bond donors (Lipinski definition) is 4. The molecule has 12 nitrogen and oxygen atoms in total. The fraction of sp³-hybridized carbons (Fsp3) is 0.914. The summed E-state index contributed by atoms with van der Waals surface area (Å²) in [4.78, 5) is 41.1. The van der Waals surface area contributed by atoms with Crippen molar-refractivity contribution in [3.05, 3.63) is 0 Å². The van der Waals surface area contributed by atoms with Crippen LogP contribution < -0.4 is 21.3 Å². The molecule has 2 heterocycles. The first-order valence-electron chi connectivity index (χ1n) is 18.2. The summed E-state index contributed by atoms with van der Waals surface area (Å²) in [5.74, 6) is 0.737. The first-order valence-corrected chi connectivity index (χ1v) is 18.2. The molecule has 270 valence electrons. The summed E-state index contributed by atoms with van der Waals surface area (Å²) in [5, 5.41) is 13.9. The highest BCUT2D eigenvalue weighted by atomic mass is 16.6. The van der Waals surface area contributed by atoms with Crippen LogP contribution >= 0.6 is 0 Å². The quantitative estimate of drug-likeness (QED) is 0.244. The minimum atomic E-state index is -0.545. The largest absolute Gasteiger partial charge is 0.459 e. The summed E-state index contributed by atoms with van der Waals surface area (Å²) in [6.07, 6.45) is 9.38. The molecule has 2 aliphatic carbocycles. The van der Waals surface area contributed by atoms with Gasteiger partial charge in [-0.15, -0.1) is 0 Å². The maximum absolute atomic E-state index is 12.6. The zero-order valence-corrected chi connectivity index (χ0v) is 30.2. The SMILES string of the molecule is CN(C(=O)OC(C)(C)C)C1CCN(CCOC2CCC(NC3NCC(C4CCC(C(=O)NCC(=O)OC(C)(C)C)CC4)CN3)CC2)C1. The fourth-order valence-electron chi connectivity index (χ4n) is 7.46. The molecule has 4 rings (SSSR count). The predicted molar refractivity (Wildman–Crippen MR) is 182 cm³/mol. The Kier molecular flexibility index (Phi) is 13.8. The maximum Gasteiger partial charge on any atom is 0.410 e. The van der Waals surface area contributed by atoms with Gasteiger partial charge in [0.25, 0.3) is 0 Å². The summed E-state index contributed by atoms with van der Waals surface area (Å²) in [6, 6.07) is 0.671. The third kappa shape index (κ3) is 12.8. The van der Waals surface area contributed by atoms with Gasteiger partial charge in [0, 0.05) is 57.8 Å². The standard InChI is InChI=1S/C35H64N6O6/c1-34(2,3)46-30(42)22-36-31(43)25-10-8-24(9-11-25)26-20-37-32(38-21-26)39-27-12-14-29(15-13-27)45-19-18-41-17-16-28(23-41)40(7)33(44)47-35(4,5)6/h24-29,32,37-39H,8-23H2,1-7H3,(H,36,43). The molecule has 4 aliphatic rings. The van der Waals surface area contributed by atoms with Crippen molar-refractivity contribution >= 4 is 18.0 Å². The van der Waals surface area contributed by atoms with Crippen molar-refractivity contribution in [1.29, 1.82) is 0 Å². The third-order valence-electron chi connectivity index (χ3n) is 10.1. The number of nitrogens with zero attached hydrogens (tertiary/aromatic N) is 2. The van der Waals surface area contributed by atoms with Crippen LogP contribution in [0.4, 0.5) is 4.79 Å². The maximum atomic E-state index is 12.6. The highest BCUT2D eigenvalue weighted by Gasteiger charge is 2.34. The average Bonchev–Trinajstić information content (AvgIpc) is 3.48. The zero-order chi connectivity index (χ0) is 34.2. The molecule has 0 aromatic heterocycles. The molecule has 0 radical (unpaired) electrons. The zero-order valence-electron chi connectivity index (χ0n) is 30.2. The van der Waals surface area contributed by atoms with Gasteiger partial charge in [-0.2, -0.15) is 0 Å². The lowest BCUT2D eigenvalue weighted by molar-refractivity contribution is -0.154. The van der Waals surface area contributed by atoms with E-state index in [1.807, 2.05) is 48.6 Å². The highest BCUT2D eigenvalue weighted by molar-refractivity contribution is 5.83. The Hall–Kier alpha value is -1.99. The van der Waals surface area contributed by atoms with E-state index < -0.39 is 17.2 Å². The Bertz CT molecular complexity index is 1010. The van der Waals surface area contributed by atoms with Crippen molar-refractivity contribution in [1.82, 2.24) is 31.1 Å². The Balaban J connectivity index is 1.03. The number of likely N-dealkylation sites (N-methyl/N-ethyl adjacent to an activating group) is 1. The molecule has 47 heavy (non-hydrogen) atoms. The predicted octanol–water partition coefficient (Wildman–Crippen LogP) is 3.20. The van der Waals surface area contributed by atoms with Crippen molar-refractivity contribution in [2.75, 3.05) is 52.9 Å². The van der Waals surface area contributed by atoms with Gasteiger partial charge in [-0.25, -0.2) is 4.79 Å². The molecule has 2 saturated carbocycles. The number of carbonyl (C=O) groups is 3. The molecule has 1 atom stereocenters. The molecule has 4 N–H and O–H groups in total. The van der Waals surface area contributed by atoms with Crippen LogP contribution in [0.2, 0.25) is 0 Å². The Morgan fingerprint density at radius 1 is 0.830 bits per heavy atom. The van der Waals surface area contributed by atoms with Crippen LogP contribution in [0.5, 0.6) is 0 Å². The molecule has 12 heteroatoms. The number of hydrogen-bond acceptors (Lipinski definition) is 10. The van der Waals surface area contributed by atoms with E-state index in [4.69, 9.17) is 14.2 Å². The summed E-state index contributed by atoms with van der Waals surface area (Å²) in [6.45, 7) is 16.6. The summed E-state index contributed by atoms with van der Waals surface area (Å²) >= 11 is 0. The van der Waals surface area contributed by atoms with E-state index in [2.05, 4.69) is 26.2 Å². The van der Waals surface area contributed by atoms with Gasteiger partial charge in [0.05, 0.1) is 12.7 Å². The van der Waals surface area contributed by atoms with Crippen molar-refractivity contribution in [2.45, 2.75) is 135 Å². The van der Waals surface area contributed by atoms with Crippen molar-refractivity contribution < 1.29 is 28.6 Å². The van der Waals surface area contributed by atoms with Crippen LogP contribution in [0, 0.1) is 17.8 Å². The average molecular weight is 665 g/mol. The Morgan fingerprint density at radius 3 is 2.09 bits per heavy atom. The van der Waals surface area contributed by atoms with Crippen LogP contribution in [0.25, 0.3) is 0 Å². The van der Waals surface area contributed by atoms with Crippen molar-refractivity contribution in [2.24, 2.45) is 17.8 Å².